The van der Waals surface area contributed by atoms with E-state index in [-0.39, 0.29) is 11.8 Å². The van der Waals surface area contributed by atoms with E-state index < -0.39 is 0 Å². The Hall–Kier alpha value is -3.84. The molecule has 3 aromatic carbocycles. The highest BCUT2D eigenvalue weighted by molar-refractivity contribution is 6.21. The first-order chi connectivity index (χ1) is 24.0. The molecule has 1 heterocycles. The highest BCUT2D eigenvalue weighted by Crippen LogP contribution is 2.30. The summed E-state index contributed by atoms with van der Waals surface area (Å²) in [6.45, 7) is 11.4. The Bertz CT molecular complexity index is 1400. The molecule has 4 rings (SSSR count). The zero-order valence-corrected chi connectivity index (χ0v) is 29.0. The zero-order chi connectivity index (χ0) is 34.7. The number of benzene rings is 3. The maximum atomic E-state index is 12.8. The number of imide groups is 1. The molecule has 0 saturated heterocycles. The van der Waals surface area contributed by atoms with Gasteiger partial charge in [0.15, 0.2) is 11.5 Å². The molecule has 0 spiro atoms. The summed E-state index contributed by atoms with van der Waals surface area (Å²) in [5, 5.41) is 0. The highest BCUT2D eigenvalue weighted by atomic mass is 16.6. The second-order valence-corrected chi connectivity index (χ2v) is 11.6. The normalized spacial score (nSPS) is 12.6. The summed E-state index contributed by atoms with van der Waals surface area (Å²) in [4.78, 5) is 29.2. The number of rotatable bonds is 25. The van der Waals surface area contributed by atoms with Crippen LogP contribution in [0, 0.1) is 13.8 Å². The molecule has 3 aromatic rings. The molecule has 0 radical (unpaired) electrons. The van der Waals surface area contributed by atoms with Crippen molar-refractivity contribution >= 4 is 11.8 Å². The molecule has 0 unspecified atom stereocenters. The van der Waals surface area contributed by atoms with Crippen LogP contribution >= 0.6 is 0 Å². The van der Waals surface area contributed by atoms with Crippen molar-refractivity contribution < 1.29 is 42.7 Å². The molecule has 2 amide bonds. The van der Waals surface area contributed by atoms with E-state index in [4.69, 9.17) is 33.2 Å². The molecule has 0 atom stereocenters. The number of methoxy groups -OCH3 is 1. The van der Waals surface area contributed by atoms with Crippen molar-refractivity contribution in [3.05, 3.63) is 94.5 Å². The van der Waals surface area contributed by atoms with E-state index in [0.29, 0.717) is 121 Å². The number of fused-ring (bicyclic) bond motifs is 1. The van der Waals surface area contributed by atoms with Gasteiger partial charge in [-0.05, 0) is 54.8 Å². The molecular weight excluding hydrogens is 628 g/mol. The number of nitrogens with zero attached hydrogens (tertiary/aromatic N) is 2. The summed E-state index contributed by atoms with van der Waals surface area (Å²) in [5.41, 5.74) is 4.32. The topological polar surface area (TPSA) is 105 Å². The summed E-state index contributed by atoms with van der Waals surface area (Å²) in [6.07, 6.45) is 0. The number of hydrogen-bond donors (Lipinski definition) is 0. The highest BCUT2D eigenvalue weighted by Gasteiger charge is 2.34. The van der Waals surface area contributed by atoms with Gasteiger partial charge in [0.2, 0.25) is 0 Å². The van der Waals surface area contributed by atoms with Crippen LogP contribution in [-0.2, 0) is 30.2 Å². The molecule has 266 valence electrons. The molecule has 0 N–H and O–H groups in total. The zero-order valence-electron chi connectivity index (χ0n) is 29.0. The van der Waals surface area contributed by atoms with Gasteiger partial charge in [-0.2, -0.15) is 0 Å². The molecule has 1 aliphatic rings. The van der Waals surface area contributed by atoms with Crippen molar-refractivity contribution in [3.8, 4) is 11.5 Å². The second kappa shape index (κ2) is 21.3. The van der Waals surface area contributed by atoms with E-state index in [2.05, 4.69) is 17.0 Å². The first-order valence-corrected chi connectivity index (χ1v) is 16.9. The van der Waals surface area contributed by atoms with Gasteiger partial charge in [0, 0.05) is 33.3 Å². The Kier molecular flexibility index (Phi) is 16.5. The molecule has 0 aliphatic carbocycles. The van der Waals surface area contributed by atoms with E-state index in [1.165, 1.54) is 4.90 Å². The first-order valence-electron chi connectivity index (χ1n) is 16.9. The van der Waals surface area contributed by atoms with Crippen molar-refractivity contribution in [1.29, 1.82) is 0 Å². The molecule has 11 heteroatoms. The Balaban J connectivity index is 1.12. The van der Waals surface area contributed by atoms with Crippen LogP contribution in [0.4, 0.5) is 0 Å². The predicted octanol–water partition coefficient (Wildman–Crippen LogP) is 4.57. The van der Waals surface area contributed by atoms with E-state index in [9.17, 15) is 9.59 Å². The van der Waals surface area contributed by atoms with Gasteiger partial charge in [0.05, 0.1) is 70.6 Å². The van der Waals surface area contributed by atoms with Crippen LogP contribution in [-0.4, -0.2) is 121 Å². The van der Waals surface area contributed by atoms with Crippen molar-refractivity contribution in [2.75, 3.05) is 99.4 Å². The molecule has 1 aliphatic heterocycles. The number of ether oxygens (including phenoxy) is 7. The Labute approximate surface area is 289 Å². The fourth-order valence-electron chi connectivity index (χ4n) is 5.18. The SMILES string of the molecule is COCCOCCOCCOc1cc(C)c(C)cc1OCCOCCOCCN(CCN1C(=O)c2ccccc2C1=O)Cc1ccccc1. The standard InChI is InChI=1S/C38H50N2O9/c1-30-27-35(36(28-31(30)2)49-26-24-47-22-21-45-18-17-43-3)48-25-23-46-20-19-44-16-15-39(29-32-9-5-4-6-10-32)13-14-40-37(41)33-11-7-8-12-34(33)38(40)42/h4-12,27-28H,13-26,29H2,1-3H3. The average Bonchev–Trinajstić information content (AvgIpc) is 3.35. The first kappa shape index (κ1) is 38.0. The molecule has 0 aromatic heterocycles. The minimum atomic E-state index is -0.236. The average molecular weight is 679 g/mol. The number of aryl methyl sites for hydroxylation is 2. The largest absolute Gasteiger partial charge is 0.487 e. The van der Waals surface area contributed by atoms with Crippen molar-refractivity contribution in [3.63, 3.8) is 0 Å². The number of carbonyl (C=O) groups is 2. The van der Waals surface area contributed by atoms with Crippen molar-refractivity contribution in [1.82, 2.24) is 9.80 Å². The summed E-state index contributed by atoms with van der Waals surface area (Å²) < 4.78 is 39.5. The number of carbonyl (C=O) groups excluding carboxylic acids is 2. The fourth-order valence-corrected chi connectivity index (χ4v) is 5.18. The summed E-state index contributed by atoms with van der Waals surface area (Å²) in [7, 11) is 1.64. The predicted molar refractivity (Wildman–Crippen MR) is 186 cm³/mol. The van der Waals surface area contributed by atoms with Crippen LogP contribution < -0.4 is 9.47 Å². The fraction of sp³-hybridized carbons (Fsp3) is 0.474. The lowest BCUT2D eigenvalue weighted by Crippen LogP contribution is -2.39. The van der Waals surface area contributed by atoms with Gasteiger partial charge in [0.25, 0.3) is 11.8 Å². The lowest BCUT2D eigenvalue weighted by atomic mass is 10.1. The molecule has 0 saturated carbocycles. The summed E-state index contributed by atoms with van der Waals surface area (Å²) in [5.74, 6) is 0.875. The molecule has 11 nitrogen and oxygen atoms in total. The lowest BCUT2D eigenvalue weighted by Gasteiger charge is -2.25. The molecule has 0 bridgehead atoms. The van der Waals surface area contributed by atoms with Gasteiger partial charge in [0.1, 0.15) is 13.2 Å². The monoisotopic (exact) mass is 678 g/mol. The Morgan fingerprint density at radius 3 is 1.57 bits per heavy atom. The maximum Gasteiger partial charge on any atom is 0.261 e. The van der Waals surface area contributed by atoms with Crippen molar-refractivity contribution in [2.45, 2.75) is 20.4 Å². The third-order valence-corrected chi connectivity index (χ3v) is 8.03. The van der Waals surface area contributed by atoms with Gasteiger partial charge >= 0.3 is 0 Å². The Morgan fingerprint density at radius 2 is 1.04 bits per heavy atom. The number of amides is 2. The maximum absolute atomic E-state index is 12.8. The third kappa shape index (κ3) is 12.5. The molecular formula is C38H50N2O9. The molecule has 0 fully saturated rings. The quantitative estimate of drug-likeness (QED) is 0.0935. The van der Waals surface area contributed by atoms with E-state index in [0.717, 1.165) is 16.7 Å². The van der Waals surface area contributed by atoms with E-state index in [1.54, 1.807) is 31.4 Å². The second-order valence-electron chi connectivity index (χ2n) is 11.6. The minimum Gasteiger partial charge on any atom is -0.487 e. The van der Waals surface area contributed by atoms with Gasteiger partial charge in [-0.25, -0.2) is 0 Å². The Morgan fingerprint density at radius 1 is 0.571 bits per heavy atom. The van der Waals surface area contributed by atoms with Crippen LogP contribution in [0.2, 0.25) is 0 Å². The van der Waals surface area contributed by atoms with Crippen LogP contribution in [0.5, 0.6) is 11.5 Å². The van der Waals surface area contributed by atoms with E-state index in [1.807, 2.05) is 44.2 Å². The van der Waals surface area contributed by atoms with E-state index >= 15 is 0 Å². The van der Waals surface area contributed by atoms with Gasteiger partial charge in [-0.15, -0.1) is 0 Å². The summed E-state index contributed by atoms with van der Waals surface area (Å²) in [6, 6.07) is 21.1. The van der Waals surface area contributed by atoms with Gasteiger partial charge in [-0.3, -0.25) is 19.4 Å². The van der Waals surface area contributed by atoms with Crippen LogP contribution in [0.15, 0.2) is 66.7 Å². The van der Waals surface area contributed by atoms with Gasteiger partial charge < -0.3 is 33.2 Å². The van der Waals surface area contributed by atoms with Crippen LogP contribution in [0.1, 0.15) is 37.4 Å². The number of hydrogen-bond acceptors (Lipinski definition) is 10. The summed E-state index contributed by atoms with van der Waals surface area (Å²) >= 11 is 0. The minimum absolute atomic E-state index is 0.236. The van der Waals surface area contributed by atoms with Gasteiger partial charge in [-0.1, -0.05) is 42.5 Å². The molecule has 49 heavy (non-hydrogen) atoms. The van der Waals surface area contributed by atoms with Crippen LogP contribution in [0.25, 0.3) is 0 Å². The smallest absolute Gasteiger partial charge is 0.261 e. The van der Waals surface area contributed by atoms with Crippen molar-refractivity contribution in [2.24, 2.45) is 0 Å². The van der Waals surface area contributed by atoms with Crippen LogP contribution in [0.3, 0.4) is 0 Å². The lowest BCUT2D eigenvalue weighted by molar-refractivity contribution is 0.0173. The third-order valence-electron chi connectivity index (χ3n) is 8.03.